The maximum absolute atomic E-state index is 12.5. The van der Waals surface area contributed by atoms with Crippen LogP contribution in [0.4, 0.5) is 0 Å². The molecule has 2 fully saturated rings. The van der Waals surface area contributed by atoms with Gasteiger partial charge in [0.2, 0.25) is 0 Å². The van der Waals surface area contributed by atoms with Crippen LogP contribution >= 0.6 is 0 Å². The van der Waals surface area contributed by atoms with Gasteiger partial charge >= 0.3 is 0 Å². The van der Waals surface area contributed by atoms with E-state index in [0.717, 1.165) is 0 Å². The zero-order valence-electron chi connectivity index (χ0n) is 10.6. The third-order valence-corrected chi connectivity index (χ3v) is 5.47. The fourth-order valence-corrected chi connectivity index (χ4v) is 4.06. The summed E-state index contributed by atoms with van der Waals surface area (Å²) < 4.78 is 33.3. The van der Waals surface area contributed by atoms with E-state index in [1.807, 2.05) is 6.92 Å². The number of aliphatic hydroxyl groups excluding tert-OH is 1. The minimum absolute atomic E-state index is 0.152. The molecule has 2 saturated heterocycles. The van der Waals surface area contributed by atoms with Crippen LogP contribution in [0.3, 0.4) is 0 Å². The van der Waals surface area contributed by atoms with Crippen LogP contribution in [0.15, 0.2) is 0 Å². The Labute approximate surface area is 108 Å². The van der Waals surface area contributed by atoms with Gasteiger partial charge in [0.1, 0.15) is 0 Å². The molecule has 0 radical (unpaired) electrons. The number of morpholine rings is 1. The highest BCUT2D eigenvalue weighted by Gasteiger charge is 2.38. The summed E-state index contributed by atoms with van der Waals surface area (Å²) in [6.45, 7) is 4.59. The summed E-state index contributed by atoms with van der Waals surface area (Å²) in [4.78, 5) is 0. The van der Waals surface area contributed by atoms with E-state index in [1.165, 1.54) is 8.61 Å². The largest absolute Gasteiger partial charge is 0.394 e. The number of hydrogen-bond donors (Lipinski definition) is 2. The van der Waals surface area contributed by atoms with E-state index in [4.69, 9.17) is 9.84 Å². The third kappa shape index (κ3) is 2.84. The fourth-order valence-electron chi connectivity index (χ4n) is 2.25. The summed E-state index contributed by atoms with van der Waals surface area (Å²) in [5.74, 6) is 0. The van der Waals surface area contributed by atoms with Gasteiger partial charge in [-0.2, -0.15) is 17.0 Å². The second-order valence-electron chi connectivity index (χ2n) is 4.71. The molecule has 2 aliphatic heterocycles. The Morgan fingerprint density at radius 3 is 2.67 bits per heavy atom. The highest BCUT2D eigenvalue weighted by atomic mass is 32.2. The van der Waals surface area contributed by atoms with Crippen LogP contribution in [-0.2, 0) is 14.9 Å². The molecule has 0 aromatic heterocycles. The van der Waals surface area contributed by atoms with Crippen molar-refractivity contribution in [2.24, 2.45) is 0 Å². The molecule has 0 aromatic rings. The molecule has 8 heteroatoms. The minimum Gasteiger partial charge on any atom is -0.394 e. The number of nitrogens with zero attached hydrogens (tertiary/aromatic N) is 2. The SMILES string of the molecule is CC1COC(CO)CN1S(=O)(=O)N1CCNCC1. The Hall–Kier alpha value is -0.250. The number of nitrogens with one attached hydrogen (secondary N) is 1. The lowest BCUT2D eigenvalue weighted by Gasteiger charge is -2.40. The second kappa shape index (κ2) is 5.81. The number of hydrogen-bond acceptors (Lipinski definition) is 5. The van der Waals surface area contributed by atoms with Gasteiger partial charge in [-0.05, 0) is 6.92 Å². The van der Waals surface area contributed by atoms with Crippen LogP contribution in [0, 0.1) is 0 Å². The Balaban J connectivity index is 2.11. The predicted octanol–water partition coefficient (Wildman–Crippen LogP) is -1.78. The molecule has 2 atom stereocenters. The lowest BCUT2D eigenvalue weighted by atomic mass is 10.2. The predicted molar refractivity (Wildman–Crippen MR) is 66.4 cm³/mol. The van der Waals surface area contributed by atoms with Gasteiger partial charge in [0, 0.05) is 38.8 Å². The molecule has 18 heavy (non-hydrogen) atoms. The summed E-state index contributed by atoms with van der Waals surface area (Å²) in [6.07, 6.45) is -0.418. The van der Waals surface area contributed by atoms with Crippen molar-refractivity contribution in [3.63, 3.8) is 0 Å². The van der Waals surface area contributed by atoms with E-state index in [9.17, 15) is 8.42 Å². The molecule has 0 bridgehead atoms. The lowest BCUT2D eigenvalue weighted by molar-refractivity contribution is -0.0531. The topological polar surface area (TPSA) is 82.1 Å². The van der Waals surface area contributed by atoms with E-state index in [-0.39, 0.29) is 19.2 Å². The monoisotopic (exact) mass is 279 g/mol. The van der Waals surface area contributed by atoms with Gasteiger partial charge in [0.05, 0.1) is 19.3 Å². The molecule has 0 aromatic carbocycles. The lowest BCUT2D eigenvalue weighted by Crippen LogP contribution is -2.58. The molecule has 0 amide bonds. The molecule has 0 spiro atoms. The van der Waals surface area contributed by atoms with Crippen LogP contribution in [0.25, 0.3) is 0 Å². The van der Waals surface area contributed by atoms with Gasteiger partial charge in [0.15, 0.2) is 0 Å². The average molecular weight is 279 g/mol. The quantitative estimate of drug-likeness (QED) is 0.638. The maximum Gasteiger partial charge on any atom is 0.282 e. The standard InChI is InChI=1S/C10H21N3O4S/c1-9-8-17-10(7-14)6-13(9)18(15,16)12-4-2-11-3-5-12/h9-11,14H,2-8H2,1H3. The average Bonchev–Trinajstić information content (AvgIpc) is 2.40. The minimum atomic E-state index is -3.44. The molecular formula is C10H21N3O4S. The highest BCUT2D eigenvalue weighted by molar-refractivity contribution is 7.86. The van der Waals surface area contributed by atoms with Crippen LogP contribution in [-0.4, -0.2) is 80.2 Å². The van der Waals surface area contributed by atoms with Crippen molar-refractivity contribution in [2.45, 2.75) is 19.1 Å². The van der Waals surface area contributed by atoms with Crippen molar-refractivity contribution in [3.8, 4) is 0 Å². The van der Waals surface area contributed by atoms with Crippen LogP contribution in [0.2, 0.25) is 0 Å². The van der Waals surface area contributed by atoms with Crippen molar-refractivity contribution in [3.05, 3.63) is 0 Å². The fraction of sp³-hybridized carbons (Fsp3) is 1.00. The summed E-state index contributed by atoms with van der Waals surface area (Å²) >= 11 is 0. The summed E-state index contributed by atoms with van der Waals surface area (Å²) in [5, 5.41) is 12.2. The molecule has 2 rings (SSSR count). The second-order valence-corrected chi connectivity index (χ2v) is 6.59. The zero-order chi connectivity index (χ0) is 13.2. The third-order valence-electron chi connectivity index (χ3n) is 3.35. The molecule has 2 aliphatic rings. The van der Waals surface area contributed by atoms with E-state index in [0.29, 0.717) is 32.8 Å². The van der Waals surface area contributed by atoms with Crippen molar-refractivity contribution < 1.29 is 18.3 Å². The molecule has 0 saturated carbocycles. The first kappa shape index (κ1) is 14.2. The smallest absolute Gasteiger partial charge is 0.282 e. The van der Waals surface area contributed by atoms with Gasteiger partial charge in [-0.25, -0.2) is 0 Å². The van der Waals surface area contributed by atoms with E-state index >= 15 is 0 Å². The van der Waals surface area contributed by atoms with E-state index in [1.54, 1.807) is 0 Å². The van der Waals surface area contributed by atoms with Gasteiger partial charge < -0.3 is 15.2 Å². The number of ether oxygens (including phenoxy) is 1. The van der Waals surface area contributed by atoms with Gasteiger partial charge in [-0.15, -0.1) is 0 Å². The number of piperazine rings is 1. The van der Waals surface area contributed by atoms with Gasteiger partial charge in [-0.1, -0.05) is 0 Å². The van der Waals surface area contributed by atoms with E-state index in [2.05, 4.69) is 5.32 Å². The van der Waals surface area contributed by atoms with Crippen molar-refractivity contribution in [2.75, 3.05) is 45.9 Å². The Bertz CT molecular complexity index is 369. The van der Waals surface area contributed by atoms with Crippen molar-refractivity contribution in [1.29, 1.82) is 0 Å². The molecule has 2 unspecified atom stereocenters. The summed E-state index contributed by atoms with van der Waals surface area (Å²) in [5.41, 5.74) is 0. The summed E-state index contributed by atoms with van der Waals surface area (Å²) in [6, 6.07) is -0.187. The molecule has 2 heterocycles. The van der Waals surface area contributed by atoms with Gasteiger partial charge in [0.25, 0.3) is 10.2 Å². The molecule has 2 N–H and O–H groups in total. The summed E-state index contributed by atoms with van der Waals surface area (Å²) in [7, 11) is -3.44. The van der Waals surface area contributed by atoms with Crippen LogP contribution in [0.1, 0.15) is 6.92 Å². The van der Waals surface area contributed by atoms with E-state index < -0.39 is 16.3 Å². The zero-order valence-corrected chi connectivity index (χ0v) is 11.4. The Morgan fingerprint density at radius 2 is 2.06 bits per heavy atom. The van der Waals surface area contributed by atoms with Crippen LogP contribution < -0.4 is 5.32 Å². The first-order valence-corrected chi connectivity index (χ1v) is 7.65. The normalized spacial score (nSPS) is 32.6. The van der Waals surface area contributed by atoms with Gasteiger partial charge in [-0.3, -0.25) is 0 Å². The Morgan fingerprint density at radius 1 is 1.39 bits per heavy atom. The Kier molecular flexibility index (Phi) is 4.57. The molecule has 106 valence electrons. The highest BCUT2D eigenvalue weighted by Crippen LogP contribution is 2.19. The number of aliphatic hydroxyl groups is 1. The first-order valence-electron chi connectivity index (χ1n) is 6.26. The van der Waals surface area contributed by atoms with Crippen molar-refractivity contribution in [1.82, 2.24) is 13.9 Å². The number of rotatable bonds is 3. The molecule has 0 aliphatic carbocycles. The molecular weight excluding hydrogens is 258 g/mol. The maximum atomic E-state index is 12.5. The van der Waals surface area contributed by atoms with Crippen LogP contribution in [0.5, 0.6) is 0 Å². The molecule has 7 nitrogen and oxygen atoms in total. The first-order chi connectivity index (χ1) is 8.55. The van der Waals surface area contributed by atoms with Crippen molar-refractivity contribution >= 4 is 10.2 Å².